The van der Waals surface area contributed by atoms with Gasteiger partial charge in [0.15, 0.2) is 0 Å². The zero-order chi connectivity index (χ0) is 13.1. The first-order valence-corrected chi connectivity index (χ1v) is 6.76. The zero-order valence-electron chi connectivity index (χ0n) is 10.1. The maximum atomic E-state index is 12.2. The van der Waals surface area contributed by atoms with E-state index in [0.717, 1.165) is 16.2 Å². The topological polar surface area (TPSA) is 57.6 Å². The lowest BCUT2D eigenvalue weighted by Crippen LogP contribution is -2.33. The third-order valence-corrected chi connectivity index (χ3v) is 4.22. The van der Waals surface area contributed by atoms with Crippen molar-refractivity contribution in [1.82, 2.24) is 4.90 Å². The maximum Gasteiger partial charge on any atom is 0.305 e. The Kier molecular flexibility index (Phi) is 3.91. The summed E-state index contributed by atoms with van der Waals surface area (Å²) in [6.07, 6.45) is -0.0102. The third-order valence-electron chi connectivity index (χ3n) is 3.04. The Morgan fingerprint density at radius 3 is 2.89 bits per heavy atom. The van der Waals surface area contributed by atoms with Crippen molar-refractivity contribution in [3.8, 4) is 0 Å². The number of carboxylic acids is 1. The fraction of sp³-hybridized carbons (Fsp3) is 0.385. The molecule has 0 bridgehead atoms. The van der Waals surface area contributed by atoms with E-state index in [1.807, 2.05) is 24.3 Å². The Bertz CT molecular complexity index is 475. The highest BCUT2D eigenvalue weighted by Gasteiger charge is 2.30. The van der Waals surface area contributed by atoms with Gasteiger partial charge in [-0.1, -0.05) is 18.2 Å². The third kappa shape index (κ3) is 2.67. The number of carbonyl (C=O) groups excluding carboxylic acids is 1. The van der Waals surface area contributed by atoms with E-state index in [1.165, 1.54) is 4.90 Å². The molecule has 2 rings (SSSR count). The standard InChI is InChI=1S/C13H15NO3S/c1-14(7-6-12(15)16)13(17)10-8-18-11-5-3-2-4-9(10)11/h2-5,10H,6-8H2,1H3,(H,15,16)/t10-/m0/s1. The Morgan fingerprint density at radius 2 is 2.17 bits per heavy atom. The summed E-state index contributed by atoms with van der Waals surface area (Å²) < 4.78 is 0. The average molecular weight is 265 g/mol. The van der Waals surface area contributed by atoms with Crippen LogP contribution in [0.5, 0.6) is 0 Å². The average Bonchev–Trinajstić information content (AvgIpc) is 2.78. The highest BCUT2D eigenvalue weighted by Crippen LogP contribution is 2.39. The Morgan fingerprint density at radius 1 is 1.44 bits per heavy atom. The number of nitrogens with zero attached hydrogens (tertiary/aromatic N) is 1. The minimum absolute atomic E-state index is 0.00806. The van der Waals surface area contributed by atoms with Crippen molar-refractivity contribution in [3.05, 3.63) is 29.8 Å². The van der Waals surface area contributed by atoms with Crippen molar-refractivity contribution in [2.24, 2.45) is 0 Å². The van der Waals surface area contributed by atoms with Crippen LogP contribution >= 0.6 is 11.8 Å². The minimum atomic E-state index is -0.879. The van der Waals surface area contributed by atoms with Gasteiger partial charge < -0.3 is 10.0 Å². The van der Waals surface area contributed by atoms with E-state index in [1.54, 1.807) is 18.8 Å². The SMILES string of the molecule is CN(CCC(=O)O)C(=O)[C@H]1CSc2ccccc21. The first-order chi connectivity index (χ1) is 8.59. The van der Waals surface area contributed by atoms with Crippen molar-refractivity contribution >= 4 is 23.6 Å². The van der Waals surface area contributed by atoms with Crippen molar-refractivity contribution < 1.29 is 14.7 Å². The van der Waals surface area contributed by atoms with Gasteiger partial charge in [-0.15, -0.1) is 11.8 Å². The number of likely N-dealkylation sites (N-methyl/N-ethyl adjacent to an activating group) is 1. The number of amides is 1. The molecular formula is C13H15NO3S. The molecule has 0 aromatic heterocycles. The lowest BCUT2D eigenvalue weighted by atomic mass is 10.00. The molecule has 1 N–H and O–H groups in total. The molecule has 0 unspecified atom stereocenters. The van der Waals surface area contributed by atoms with E-state index >= 15 is 0 Å². The summed E-state index contributed by atoms with van der Waals surface area (Å²) in [4.78, 5) is 25.4. The van der Waals surface area contributed by atoms with Crippen molar-refractivity contribution in [3.63, 3.8) is 0 Å². The predicted octanol–water partition coefficient (Wildman–Crippen LogP) is 1.81. The number of thioether (sulfide) groups is 1. The smallest absolute Gasteiger partial charge is 0.305 e. The summed E-state index contributed by atoms with van der Waals surface area (Å²) >= 11 is 1.68. The van der Waals surface area contributed by atoms with Gasteiger partial charge in [-0.2, -0.15) is 0 Å². The number of hydrogen-bond acceptors (Lipinski definition) is 3. The van der Waals surface area contributed by atoms with Crippen LogP contribution in [0.4, 0.5) is 0 Å². The summed E-state index contributed by atoms with van der Waals surface area (Å²) in [5, 5.41) is 8.63. The van der Waals surface area contributed by atoms with Gasteiger partial charge in [0, 0.05) is 24.2 Å². The van der Waals surface area contributed by atoms with E-state index in [9.17, 15) is 9.59 Å². The molecule has 1 amide bonds. The van der Waals surface area contributed by atoms with E-state index < -0.39 is 5.97 Å². The lowest BCUT2D eigenvalue weighted by molar-refractivity contribution is -0.138. The van der Waals surface area contributed by atoms with E-state index in [0.29, 0.717) is 0 Å². The van der Waals surface area contributed by atoms with Crippen molar-refractivity contribution in [1.29, 1.82) is 0 Å². The molecule has 18 heavy (non-hydrogen) atoms. The van der Waals surface area contributed by atoms with Crippen molar-refractivity contribution in [2.75, 3.05) is 19.3 Å². The van der Waals surface area contributed by atoms with Crippen LogP contribution in [-0.2, 0) is 9.59 Å². The number of hydrogen-bond donors (Lipinski definition) is 1. The number of benzene rings is 1. The van der Waals surface area contributed by atoms with Gasteiger partial charge in [-0.3, -0.25) is 9.59 Å². The molecule has 5 heteroatoms. The second-order valence-corrected chi connectivity index (χ2v) is 5.37. The van der Waals surface area contributed by atoms with Crippen LogP contribution in [0.15, 0.2) is 29.2 Å². The number of fused-ring (bicyclic) bond motifs is 1. The van der Waals surface area contributed by atoms with Crippen LogP contribution < -0.4 is 0 Å². The number of rotatable bonds is 4. The Hall–Kier alpha value is -1.49. The fourth-order valence-corrected chi connectivity index (χ4v) is 3.23. The van der Waals surface area contributed by atoms with Gasteiger partial charge in [0.05, 0.1) is 12.3 Å². The molecule has 0 saturated carbocycles. The molecule has 0 spiro atoms. The molecule has 96 valence electrons. The lowest BCUT2D eigenvalue weighted by Gasteiger charge is -2.20. The Balaban J connectivity index is 2.05. The monoisotopic (exact) mass is 265 g/mol. The number of carboxylic acid groups (broad SMARTS) is 1. The van der Waals surface area contributed by atoms with E-state index in [-0.39, 0.29) is 24.8 Å². The molecule has 0 aliphatic carbocycles. The maximum absolute atomic E-state index is 12.2. The molecule has 1 atom stereocenters. The van der Waals surface area contributed by atoms with Gasteiger partial charge >= 0.3 is 5.97 Å². The van der Waals surface area contributed by atoms with Gasteiger partial charge in [-0.25, -0.2) is 0 Å². The Labute approximate surface area is 110 Å². The molecule has 4 nitrogen and oxygen atoms in total. The highest BCUT2D eigenvalue weighted by atomic mass is 32.2. The van der Waals surface area contributed by atoms with Crippen LogP contribution in [0.25, 0.3) is 0 Å². The summed E-state index contributed by atoms with van der Waals surface area (Å²) in [5.74, 6) is -0.259. The van der Waals surface area contributed by atoms with Crippen LogP contribution in [0.2, 0.25) is 0 Å². The second kappa shape index (κ2) is 5.44. The van der Waals surface area contributed by atoms with Gasteiger partial charge in [0.1, 0.15) is 0 Å². The molecule has 1 aliphatic heterocycles. The summed E-state index contributed by atoms with van der Waals surface area (Å²) in [6, 6.07) is 7.89. The van der Waals surface area contributed by atoms with Gasteiger partial charge in [-0.05, 0) is 11.6 Å². The predicted molar refractivity (Wildman–Crippen MR) is 69.8 cm³/mol. The molecule has 0 fully saturated rings. The second-order valence-electron chi connectivity index (χ2n) is 4.30. The molecule has 0 radical (unpaired) electrons. The summed E-state index contributed by atoms with van der Waals surface area (Å²) in [7, 11) is 1.66. The van der Waals surface area contributed by atoms with Crippen LogP contribution in [-0.4, -0.2) is 41.2 Å². The molecule has 1 heterocycles. The fourth-order valence-electron chi connectivity index (χ4n) is 2.01. The number of carbonyl (C=O) groups is 2. The minimum Gasteiger partial charge on any atom is -0.481 e. The quantitative estimate of drug-likeness (QED) is 0.902. The van der Waals surface area contributed by atoms with E-state index in [4.69, 9.17) is 5.11 Å². The first kappa shape index (κ1) is 13.0. The largest absolute Gasteiger partial charge is 0.481 e. The zero-order valence-corrected chi connectivity index (χ0v) is 10.9. The molecule has 1 aromatic rings. The van der Waals surface area contributed by atoms with Crippen molar-refractivity contribution in [2.45, 2.75) is 17.2 Å². The first-order valence-electron chi connectivity index (χ1n) is 5.78. The summed E-state index contributed by atoms with van der Waals surface area (Å²) in [6.45, 7) is 0.261. The molecular weight excluding hydrogens is 250 g/mol. The normalized spacial score (nSPS) is 17.3. The van der Waals surface area contributed by atoms with Gasteiger partial charge in [0.2, 0.25) is 5.91 Å². The summed E-state index contributed by atoms with van der Waals surface area (Å²) in [5.41, 5.74) is 1.06. The van der Waals surface area contributed by atoms with Gasteiger partial charge in [0.25, 0.3) is 0 Å². The van der Waals surface area contributed by atoms with Crippen LogP contribution in [0, 0.1) is 0 Å². The van der Waals surface area contributed by atoms with Crippen LogP contribution in [0.1, 0.15) is 17.9 Å². The number of aliphatic carboxylic acids is 1. The molecule has 1 aliphatic rings. The molecule has 0 saturated heterocycles. The highest BCUT2D eigenvalue weighted by molar-refractivity contribution is 7.99. The van der Waals surface area contributed by atoms with Crippen LogP contribution in [0.3, 0.4) is 0 Å². The van der Waals surface area contributed by atoms with E-state index in [2.05, 4.69) is 0 Å². The molecule has 1 aromatic carbocycles.